The molecular weight excluding hydrogens is 456 g/mol. The largest absolute Gasteiger partial charge is 0.494 e. The standard InChI is InChI=1S/C28H28N4O4/c1-33-23-13-19(17-5-9-21(29)10-6-17)14-24(34-2)27(23)31-32-28-25(35-3)15-20(16-26(28)36-4)18-7-11-22(30)12-8-18/h5-16H,29-30H2,1-4H3. The fraction of sp³-hybridized carbons (Fsp3) is 0.143. The molecule has 0 aliphatic rings. The van der Waals surface area contributed by atoms with E-state index in [1.165, 1.54) is 0 Å². The fourth-order valence-corrected chi connectivity index (χ4v) is 3.77. The molecule has 0 aliphatic heterocycles. The van der Waals surface area contributed by atoms with E-state index < -0.39 is 0 Å². The van der Waals surface area contributed by atoms with Gasteiger partial charge < -0.3 is 30.4 Å². The molecule has 184 valence electrons. The van der Waals surface area contributed by atoms with Crippen molar-refractivity contribution in [3.63, 3.8) is 0 Å². The summed E-state index contributed by atoms with van der Waals surface area (Å²) in [7, 11) is 6.29. The molecule has 0 fully saturated rings. The number of anilines is 2. The SMILES string of the molecule is COc1cc(-c2ccc(N)cc2)cc(OC)c1N=Nc1c(OC)cc(-c2ccc(N)cc2)cc1OC. The summed E-state index contributed by atoms with van der Waals surface area (Å²) in [5.41, 5.74) is 17.6. The van der Waals surface area contributed by atoms with Crippen LogP contribution in [-0.2, 0) is 0 Å². The van der Waals surface area contributed by atoms with E-state index in [2.05, 4.69) is 10.2 Å². The molecule has 4 aromatic carbocycles. The van der Waals surface area contributed by atoms with E-state index in [0.717, 1.165) is 22.3 Å². The van der Waals surface area contributed by atoms with Gasteiger partial charge in [-0.1, -0.05) is 24.3 Å². The molecule has 0 radical (unpaired) electrons. The van der Waals surface area contributed by atoms with Crippen LogP contribution in [0.1, 0.15) is 0 Å². The Hall–Kier alpha value is -4.72. The Morgan fingerprint density at radius 2 is 0.722 bits per heavy atom. The minimum absolute atomic E-state index is 0.436. The van der Waals surface area contributed by atoms with Gasteiger partial charge in [0.25, 0.3) is 0 Å². The third-order valence-electron chi connectivity index (χ3n) is 5.70. The average molecular weight is 485 g/mol. The Balaban J connectivity index is 1.77. The topological polar surface area (TPSA) is 114 Å². The highest BCUT2D eigenvalue weighted by atomic mass is 16.5. The summed E-state index contributed by atoms with van der Waals surface area (Å²) in [4.78, 5) is 0. The number of ether oxygens (including phenoxy) is 4. The molecule has 0 heterocycles. The van der Waals surface area contributed by atoms with Gasteiger partial charge >= 0.3 is 0 Å². The lowest BCUT2D eigenvalue weighted by Crippen LogP contribution is -1.92. The lowest BCUT2D eigenvalue weighted by molar-refractivity contribution is 0.394. The Labute approximate surface area is 210 Å². The second kappa shape index (κ2) is 10.7. The summed E-state index contributed by atoms with van der Waals surface area (Å²) in [6.07, 6.45) is 0. The van der Waals surface area contributed by atoms with Crippen LogP contribution in [0.5, 0.6) is 23.0 Å². The zero-order valence-electron chi connectivity index (χ0n) is 20.6. The van der Waals surface area contributed by atoms with Crippen molar-refractivity contribution in [3.8, 4) is 45.3 Å². The number of rotatable bonds is 8. The van der Waals surface area contributed by atoms with Gasteiger partial charge in [-0.2, -0.15) is 0 Å². The van der Waals surface area contributed by atoms with Crippen molar-refractivity contribution in [2.24, 2.45) is 10.2 Å². The van der Waals surface area contributed by atoms with Crippen molar-refractivity contribution < 1.29 is 18.9 Å². The van der Waals surface area contributed by atoms with Crippen molar-refractivity contribution >= 4 is 22.7 Å². The highest BCUT2D eigenvalue weighted by Gasteiger charge is 2.17. The van der Waals surface area contributed by atoms with E-state index in [1.54, 1.807) is 28.4 Å². The van der Waals surface area contributed by atoms with E-state index in [4.69, 9.17) is 30.4 Å². The summed E-state index contributed by atoms with van der Waals surface area (Å²) >= 11 is 0. The molecule has 0 atom stereocenters. The molecule has 4 rings (SSSR count). The van der Waals surface area contributed by atoms with Gasteiger partial charge in [0, 0.05) is 11.4 Å². The molecule has 0 aromatic heterocycles. The van der Waals surface area contributed by atoms with Gasteiger partial charge in [-0.05, 0) is 70.8 Å². The number of methoxy groups -OCH3 is 4. The van der Waals surface area contributed by atoms with Crippen molar-refractivity contribution in [1.29, 1.82) is 0 Å². The van der Waals surface area contributed by atoms with Gasteiger partial charge in [0.15, 0.2) is 34.4 Å². The van der Waals surface area contributed by atoms with Crippen LogP contribution in [0.3, 0.4) is 0 Å². The Morgan fingerprint density at radius 1 is 0.444 bits per heavy atom. The molecule has 0 saturated carbocycles. The molecule has 36 heavy (non-hydrogen) atoms. The molecule has 0 bridgehead atoms. The average Bonchev–Trinajstić information content (AvgIpc) is 2.91. The lowest BCUT2D eigenvalue weighted by atomic mass is 10.0. The van der Waals surface area contributed by atoms with Crippen LogP contribution in [0.4, 0.5) is 22.7 Å². The van der Waals surface area contributed by atoms with E-state index in [1.807, 2.05) is 72.8 Å². The minimum atomic E-state index is 0.436. The predicted molar refractivity (Wildman–Crippen MR) is 143 cm³/mol. The predicted octanol–water partition coefficient (Wildman–Crippen LogP) is 6.63. The third-order valence-corrected chi connectivity index (χ3v) is 5.70. The zero-order chi connectivity index (χ0) is 25.7. The third kappa shape index (κ3) is 5.02. The number of nitrogens with zero attached hydrogens (tertiary/aromatic N) is 2. The Bertz CT molecular complexity index is 1230. The summed E-state index contributed by atoms with van der Waals surface area (Å²) < 4.78 is 22.5. The van der Waals surface area contributed by atoms with E-state index >= 15 is 0 Å². The van der Waals surface area contributed by atoms with Crippen LogP contribution < -0.4 is 30.4 Å². The maximum Gasteiger partial charge on any atom is 0.169 e. The van der Waals surface area contributed by atoms with Crippen molar-refractivity contribution in [3.05, 3.63) is 72.8 Å². The highest BCUT2D eigenvalue weighted by Crippen LogP contribution is 2.46. The molecule has 0 amide bonds. The zero-order valence-corrected chi connectivity index (χ0v) is 20.6. The molecule has 0 saturated heterocycles. The number of hydrogen-bond acceptors (Lipinski definition) is 8. The number of benzene rings is 4. The number of azo groups is 1. The van der Waals surface area contributed by atoms with Gasteiger partial charge in [0.1, 0.15) is 0 Å². The smallest absolute Gasteiger partial charge is 0.169 e. The molecule has 0 spiro atoms. The van der Waals surface area contributed by atoms with Gasteiger partial charge in [0.2, 0.25) is 0 Å². The van der Waals surface area contributed by atoms with Crippen LogP contribution >= 0.6 is 0 Å². The number of nitrogen functional groups attached to an aromatic ring is 2. The number of hydrogen-bond donors (Lipinski definition) is 2. The van der Waals surface area contributed by atoms with E-state index in [0.29, 0.717) is 45.7 Å². The van der Waals surface area contributed by atoms with Crippen LogP contribution in [0.2, 0.25) is 0 Å². The molecule has 8 heteroatoms. The second-order valence-corrected chi connectivity index (χ2v) is 7.90. The first-order chi connectivity index (χ1) is 17.5. The first-order valence-corrected chi connectivity index (χ1v) is 11.1. The maximum atomic E-state index is 5.83. The summed E-state index contributed by atoms with van der Waals surface area (Å²) in [6, 6.07) is 22.6. The van der Waals surface area contributed by atoms with Crippen molar-refractivity contribution in [1.82, 2.24) is 0 Å². The quantitative estimate of drug-likeness (QED) is 0.214. The van der Waals surface area contributed by atoms with Crippen molar-refractivity contribution in [2.75, 3.05) is 39.9 Å². The summed E-state index contributed by atoms with van der Waals surface area (Å²) in [5, 5.41) is 8.95. The second-order valence-electron chi connectivity index (χ2n) is 7.90. The normalized spacial score (nSPS) is 10.9. The van der Waals surface area contributed by atoms with Crippen LogP contribution in [0.25, 0.3) is 22.3 Å². The number of nitrogens with two attached hydrogens (primary N) is 2. The van der Waals surface area contributed by atoms with Crippen LogP contribution in [0, 0.1) is 0 Å². The molecule has 0 unspecified atom stereocenters. The van der Waals surface area contributed by atoms with E-state index in [9.17, 15) is 0 Å². The van der Waals surface area contributed by atoms with Gasteiger partial charge in [-0.25, -0.2) is 0 Å². The highest BCUT2D eigenvalue weighted by molar-refractivity contribution is 5.77. The monoisotopic (exact) mass is 484 g/mol. The van der Waals surface area contributed by atoms with Gasteiger partial charge in [0.05, 0.1) is 28.4 Å². The molecule has 8 nitrogen and oxygen atoms in total. The molecular formula is C28H28N4O4. The molecule has 4 aromatic rings. The maximum absolute atomic E-state index is 5.83. The Kier molecular flexibility index (Phi) is 7.25. The molecule has 4 N–H and O–H groups in total. The first kappa shape index (κ1) is 24.4. The first-order valence-electron chi connectivity index (χ1n) is 11.1. The van der Waals surface area contributed by atoms with Crippen LogP contribution in [-0.4, -0.2) is 28.4 Å². The van der Waals surface area contributed by atoms with E-state index in [-0.39, 0.29) is 0 Å². The lowest BCUT2D eigenvalue weighted by Gasteiger charge is -2.14. The fourth-order valence-electron chi connectivity index (χ4n) is 3.77. The van der Waals surface area contributed by atoms with Gasteiger partial charge in [-0.15, -0.1) is 10.2 Å². The molecule has 0 aliphatic carbocycles. The van der Waals surface area contributed by atoms with Gasteiger partial charge in [-0.3, -0.25) is 0 Å². The van der Waals surface area contributed by atoms with Crippen LogP contribution in [0.15, 0.2) is 83.0 Å². The summed E-state index contributed by atoms with van der Waals surface area (Å²) in [5.74, 6) is 2.01. The minimum Gasteiger partial charge on any atom is -0.494 e. The summed E-state index contributed by atoms with van der Waals surface area (Å²) in [6.45, 7) is 0. The van der Waals surface area contributed by atoms with Crippen molar-refractivity contribution in [2.45, 2.75) is 0 Å². The Morgan fingerprint density at radius 3 is 0.972 bits per heavy atom.